The first-order valence-corrected chi connectivity index (χ1v) is 13.5. The summed E-state index contributed by atoms with van der Waals surface area (Å²) < 4.78 is 7.59. The van der Waals surface area contributed by atoms with Crippen LogP contribution in [-0.2, 0) is 11.2 Å². The number of aliphatic hydroxyl groups is 1. The zero-order valence-electron chi connectivity index (χ0n) is 19.8. The van der Waals surface area contributed by atoms with Gasteiger partial charge in [-0.1, -0.05) is 0 Å². The second-order valence-corrected chi connectivity index (χ2v) is 11.1. The topological polar surface area (TPSA) is 88.3 Å². The van der Waals surface area contributed by atoms with Crippen molar-refractivity contribution in [3.05, 3.63) is 34.7 Å². The van der Waals surface area contributed by atoms with Crippen molar-refractivity contribution in [1.82, 2.24) is 24.6 Å². The van der Waals surface area contributed by atoms with Crippen molar-refractivity contribution in [1.29, 1.82) is 0 Å². The summed E-state index contributed by atoms with van der Waals surface area (Å²) in [5.41, 5.74) is 2.40. The van der Waals surface area contributed by atoms with Gasteiger partial charge in [0.25, 0.3) is 0 Å². The van der Waals surface area contributed by atoms with E-state index in [2.05, 4.69) is 38.5 Å². The van der Waals surface area contributed by atoms with E-state index in [0.717, 1.165) is 74.0 Å². The number of aryl methyl sites for hydroxylation is 1. The maximum atomic E-state index is 9.62. The number of aromatic nitrogens is 4. The summed E-state index contributed by atoms with van der Waals surface area (Å²) in [6.45, 7) is 5.47. The number of fused-ring (bicyclic) bond motifs is 1. The number of nitrogens with one attached hydrogen (secondary N) is 1. The van der Waals surface area contributed by atoms with Crippen LogP contribution in [0.2, 0.25) is 0 Å². The minimum absolute atomic E-state index is 0.117. The van der Waals surface area contributed by atoms with Gasteiger partial charge in [-0.2, -0.15) is 5.10 Å². The number of hydrogen-bond acceptors (Lipinski definition) is 8. The third kappa shape index (κ3) is 4.58. The van der Waals surface area contributed by atoms with E-state index in [1.54, 1.807) is 11.3 Å². The van der Waals surface area contributed by atoms with Crippen molar-refractivity contribution in [3.63, 3.8) is 0 Å². The SMILES string of the molecule is Cc1csc2nc(Cc3cnn(C4CCOCC4)c3)nc(NC3CCC(N4CC(O)C4)CC3)c12. The number of nitrogens with zero attached hydrogens (tertiary/aromatic N) is 5. The number of ether oxygens (including phenoxy) is 1. The lowest BCUT2D eigenvalue weighted by molar-refractivity contribution is -0.0337. The minimum atomic E-state index is -0.117. The first-order valence-electron chi connectivity index (χ1n) is 12.7. The van der Waals surface area contributed by atoms with E-state index in [9.17, 15) is 5.11 Å². The summed E-state index contributed by atoms with van der Waals surface area (Å²) in [6.07, 6.45) is 11.4. The Morgan fingerprint density at radius 1 is 1.09 bits per heavy atom. The molecular weight excluding hydrogens is 448 g/mol. The molecule has 0 spiro atoms. The molecule has 0 bridgehead atoms. The highest BCUT2D eigenvalue weighted by Gasteiger charge is 2.33. The Kier molecular flexibility index (Phi) is 6.28. The Morgan fingerprint density at radius 2 is 1.88 bits per heavy atom. The Labute approximate surface area is 204 Å². The third-order valence-corrected chi connectivity index (χ3v) is 8.68. The molecule has 0 amide bonds. The van der Waals surface area contributed by atoms with E-state index in [4.69, 9.17) is 14.7 Å². The molecule has 2 N–H and O–H groups in total. The van der Waals surface area contributed by atoms with Gasteiger partial charge >= 0.3 is 0 Å². The molecule has 0 radical (unpaired) electrons. The molecule has 1 aliphatic carbocycles. The fourth-order valence-corrected chi connectivity index (χ4v) is 6.62. The fourth-order valence-electron chi connectivity index (χ4n) is 5.68. The predicted octanol–water partition coefficient (Wildman–Crippen LogP) is 3.54. The lowest BCUT2D eigenvalue weighted by Gasteiger charge is -2.44. The van der Waals surface area contributed by atoms with Crippen molar-refractivity contribution in [3.8, 4) is 0 Å². The highest BCUT2D eigenvalue weighted by Crippen LogP contribution is 2.33. The molecule has 0 atom stereocenters. The van der Waals surface area contributed by atoms with Gasteiger partial charge in [0.2, 0.25) is 0 Å². The van der Waals surface area contributed by atoms with E-state index in [-0.39, 0.29) is 6.10 Å². The molecule has 5 heterocycles. The molecule has 182 valence electrons. The summed E-state index contributed by atoms with van der Waals surface area (Å²) >= 11 is 1.70. The average molecular weight is 483 g/mol. The number of thiophene rings is 1. The van der Waals surface area contributed by atoms with Crippen molar-refractivity contribution < 1.29 is 9.84 Å². The zero-order chi connectivity index (χ0) is 23.1. The van der Waals surface area contributed by atoms with Crippen molar-refractivity contribution in [2.45, 2.75) is 76.1 Å². The van der Waals surface area contributed by atoms with Crippen LogP contribution in [0.4, 0.5) is 5.82 Å². The maximum Gasteiger partial charge on any atom is 0.139 e. The zero-order valence-corrected chi connectivity index (χ0v) is 20.6. The van der Waals surface area contributed by atoms with E-state index in [1.807, 2.05) is 6.20 Å². The third-order valence-electron chi connectivity index (χ3n) is 7.69. The van der Waals surface area contributed by atoms with E-state index >= 15 is 0 Å². The molecule has 3 fully saturated rings. The molecule has 3 aromatic rings. The van der Waals surface area contributed by atoms with Gasteiger partial charge in [-0.05, 0) is 62.0 Å². The molecule has 6 rings (SSSR count). The summed E-state index contributed by atoms with van der Waals surface area (Å²) in [5, 5.41) is 21.4. The van der Waals surface area contributed by atoms with Gasteiger partial charge in [0.15, 0.2) is 0 Å². The van der Waals surface area contributed by atoms with E-state index in [1.165, 1.54) is 23.8 Å². The monoisotopic (exact) mass is 482 g/mol. The lowest BCUT2D eigenvalue weighted by Crippen LogP contribution is -2.56. The van der Waals surface area contributed by atoms with Crippen LogP contribution in [-0.4, -0.2) is 74.2 Å². The van der Waals surface area contributed by atoms with Crippen LogP contribution in [0.1, 0.15) is 61.5 Å². The number of anilines is 1. The molecule has 3 aromatic heterocycles. The second-order valence-electron chi connectivity index (χ2n) is 10.2. The molecule has 9 heteroatoms. The van der Waals surface area contributed by atoms with Gasteiger partial charge in [0.1, 0.15) is 16.5 Å². The van der Waals surface area contributed by atoms with Crippen LogP contribution in [0.15, 0.2) is 17.8 Å². The van der Waals surface area contributed by atoms with E-state index < -0.39 is 0 Å². The van der Waals surface area contributed by atoms with Gasteiger partial charge in [-0.15, -0.1) is 11.3 Å². The van der Waals surface area contributed by atoms with Crippen molar-refractivity contribution in [2.24, 2.45) is 0 Å². The van der Waals surface area contributed by atoms with Crippen LogP contribution in [0, 0.1) is 6.92 Å². The number of likely N-dealkylation sites (tertiary alicyclic amines) is 1. The van der Waals surface area contributed by atoms with Gasteiger partial charge in [0.05, 0.1) is 23.7 Å². The summed E-state index contributed by atoms with van der Waals surface area (Å²) in [5.74, 6) is 1.84. The number of hydrogen-bond donors (Lipinski definition) is 2. The standard InChI is InChI=1S/C25H34N6O2S/c1-16-15-34-25-23(16)24(27-18-2-4-19(5-3-18)30-13-21(32)14-30)28-22(29-25)10-17-11-26-31(12-17)20-6-8-33-9-7-20/h11-12,15,18-21,32H,2-10,13-14H2,1H3,(H,27,28,29). The summed E-state index contributed by atoms with van der Waals surface area (Å²) in [4.78, 5) is 13.4. The Bertz CT molecular complexity index is 1130. The lowest BCUT2D eigenvalue weighted by atomic mass is 9.88. The molecule has 1 saturated carbocycles. The molecular formula is C25H34N6O2S. The number of rotatable bonds is 6. The van der Waals surface area contributed by atoms with E-state index in [0.29, 0.717) is 24.5 Å². The Balaban J connectivity index is 1.16. The predicted molar refractivity (Wildman–Crippen MR) is 134 cm³/mol. The second kappa shape index (κ2) is 9.53. The summed E-state index contributed by atoms with van der Waals surface area (Å²) in [7, 11) is 0. The fraction of sp³-hybridized carbons (Fsp3) is 0.640. The van der Waals surface area contributed by atoms with Crippen LogP contribution in [0.25, 0.3) is 10.2 Å². The van der Waals surface area contributed by atoms with Crippen molar-refractivity contribution in [2.75, 3.05) is 31.6 Å². The van der Waals surface area contributed by atoms with Crippen LogP contribution < -0.4 is 5.32 Å². The first kappa shape index (κ1) is 22.4. The average Bonchev–Trinajstić information content (AvgIpc) is 3.45. The minimum Gasteiger partial charge on any atom is -0.390 e. The molecule has 0 aromatic carbocycles. The van der Waals surface area contributed by atoms with Crippen molar-refractivity contribution >= 4 is 27.4 Å². The van der Waals surface area contributed by atoms with Crippen LogP contribution >= 0.6 is 11.3 Å². The van der Waals surface area contributed by atoms with Crippen LogP contribution in [0.3, 0.4) is 0 Å². The first-order chi connectivity index (χ1) is 16.6. The Morgan fingerprint density at radius 3 is 2.65 bits per heavy atom. The molecule has 2 saturated heterocycles. The smallest absolute Gasteiger partial charge is 0.139 e. The van der Waals surface area contributed by atoms with Gasteiger partial charge in [-0.3, -0.25) is 9.58 Å². The largest absolute Gasteiger partial charge is 0.390 e. The number of aliphatic hydroxyl groups excluding tert-OH is 1. The number of β-amino-alcohol motifs (C(OH)–C–C–N with tert-alkyl or cyclic N) is 1. The van der Waals surface area contributed by atoms with Crippen LogP contribution in [0.5, 0.6) is 0 Å². The van der Waals surface area contributed by atoms with Gasteiger partial charge < -0.3 is 15.2 Å². The molecule has 2 aliphatic heterocycles. The maximum absolute atomic E-state index is 9.62. The molecule has 3 aliphatic rings. The highest BCUT2D eigenvalue weighted by atomic mass is 32.1. The van der Waals surface area contributed by atoms with Gasteiger partial charge in [0, 0.05) is 51.0 Å². The Hall–Kier alpha value is -2.07. The highest BCUT2D eigenvalue weighted by molar-refractivity contribution is 7.17. The molecule has 34 heavy (non-hydrogen) atoms. The van der Waals surface area contributed by atoms with Gasteiger partial charge in [-0.25, -0.2) is 9.97 Å². The normalized spacial score (nSPS) is 25.0. The molecule has 8 nitrogen and oxygen atoms in total. The summed E-state index contributed by atoms with van der Waals surface area (Å²) in [6, 6.07) is 1.49. The molecule has 0 unspecified atom stereocenters. The quantitative estimate of drug-likeness (QED) is 0.556.